The van der Waals surface area contributed by atoms with Crippen molar-refractivity contribution in [1.82, 2.24) is 0 Å². The van der Waals surface area contributed by atoms with E-state index < -0.39 is 0 Å². The van der Waals surface area contributed by atoms with Gasteiger partial charge in [-0.3, -0.25) is 4.79 Å². The molecule has 0 amide bonds. The lowest BCUT2D eigenvalue weighted by atomic mass is 10.1. The van der Waals surface area contributed by atoms with Gasteiger partial charge in [0.1, 0.15) is 6.10 Å². The quantitative estimate of drug-likeness (QED) is 0.309. The first-order valence-corrected chi connectivity index (χ1v) is 8.38. The molecule has 114 valence electrons. The van der Waals surface area contributed by atoms with Crippen LogP contribution in [-0.2, 0) is 9.53 Å². The molecule has 0 radical (unpaired) electrons. The van der Waals surface area contributed by atoms with Crippen molar-refractivity contribution >= 4 is 18.6 Å². The summed E-state index contributed by atoms with van der Waals surface area (Å²) in [6.07, 6.45) is 10.6. The first kappa shape index (κ1) is 18.8. The second kappa shape index (κ2) is 14.2. The minimum Gasteiger partial charge on any atom is -0.461 e. The maximum absolute atomic E-state index is 11.6. The Bertz CT molecular complexity index is 212. The lowest BCUT2D eigenvalue weighted by molar-refractivity contribution is -0.149. The summed E-state index contributed by atoms with van der Waals surface area (Å²) in [4.78, 5) is 11.6. The van der Waals surface area contributed by atoms with Crippen LogP contribution in [0.4, 0.5) is 0 Å². The molecule has 3 nitrogen and oxygen atoms in total. The van der Waals surface area contributed by atoms with E-state index in [1.54, 1.807) is 0 Å². The number of carbonyl (C=O) groups excluding carboxylic acids is 1. The van der Waals surface area contributed by atoms with Gasteiger partial charge >= 0.3 is 5.97 Å². The molecule has 0 aromatic carbocycles. The van der Waals surface area contributed by atoms with Crippen LogP contribution in [0.5, 0.6) is 0 Å². The van der Waals surface area contributed by atoms with Crippen LogP contribution in [0.2, 0.25) is 0 Å². The van der Waals surface area contributed by atoms with E-state index in [1.807, 2.05) is 0 Å². The van der Waals surface area contributed by atoms with E-state index in [4.69, 9.17) is 10.5 Å². The van der Waals surface area contributed by atoms with Crippen LogP contribution in [-0.4, -0.2) is 24.4 Å². The number of hydrogen-bond donors (Lipinski definition) is 2. The summed E-state index contributed by atoms with van der Waals surface area (Å²) in [7, 11) is 0. The maximum atomic E-state index is 11.6. The van der Waals surface area contributed by atoms with Crippen molar-refractivity contribution in [1.29, 1.82) is 0 Å². The molecule has 0 aliphatic carbocycles. The molecular weight excluding hydrogens is 258 g/mol. The SMILES string of the molecule is CCCCCCCCC(CN)OC(=O)CCCCS. The fourth-order valence-electron chi connectivity index (χ4n) is 2.00. The summed E-state index contributed by atoms with van der Waals surface area (Å²) in [6, 6.07) is 0. The Balaban J connectivity index is 3.56. The standard InChI is InChI=1S/C15H31NO2S/c1-2-3-4-5-6-7-10-14(13-16)18-15(17)11-8-9-12-19/h14,19H,2-13,16H2,1H3. The highest BCUT2D eigenvalue weighted by molar-refractivity contribution is 7.80. The monoisotopic (exact) mass is 289 g/mol. The van der Waals surface area contributed by atoms with Crippen LogP contribution in [0, 0.1) is 0 Å². The second-order valence-electron chi connectivity index (χ2n) is 5.08. The minimum atomic E-state index is -0.108. The average molecular weight is 289 g/mol. The van der Waals surface area contributed by atoms with Gasteiger partial charge in [-0.05, 0) is 31.4 Å². The molecule has 0 aromatic heterocycles. The zero-order valence-corrected chi connectivity index (χ0v) is 13.3. The van der Waals surface area contributed by atoms with Crippen molar-refractivity contribution in [3.05, 3.63) is 0 Å². The average Bonchev–Trinajstić information content (AvgIpc) is 2.41. The van der Waals surface area contributed by atoms with E-state index in [0.29, 0.717) is 13.0 Å². The van der Waals surface area contributed by atoms with E-state index >= 15 is 0 Å². The number of unbranched alkanes of at least 4 members (excludes halogenated alkanes) is 6. The van der Waals surface area contributed by atoms with Crippen LogP contribution in [0.3, 0.4) is 0 Å². The zero-order chi connectivity index (χ0) is 14.3. The number of nitrogens with two attached hydrogens (primary N) is 1. The molecule has 4 heteroatoms. The first-order chi connectivity index (χ1) is 9.24. The fraction of sp³-hybridized carbons (Fsp3) is 0.933. The van der Waals surface area contributed by atoms with E-state index in [2.05, 4.69) is 19.6 Å². The molecule has 0 bridgehead atoms. The van der Waals surface area contributed by atoms with Crippen LogP contribution >= 0.6 is 12.6 Å². The molecule has 2 N–H and O–H groups in total. The van der Waals surface area contributed by atoms with E-state index in [-0.39, 0.29) is 12.1 Å². The van der Waals surface area contributed by atoms with Gasteiger partial charge in [0.05, 0.1) is 0 Å². The fourth-order valence-corrected chi connectivity index (χ4v) is 2.23. The Morgan fingerprint density at radius 2 is 1.79 bits per heavy atom. The summed E-state index contributed by atoms with van der Waals surface area (Å²) < 4.78 is 5.39. The first-order valence-electron chi connectivity index (χ1n) is 7.75. The van der Waals surface area contributed by atoms with Crippen molar-refractivity contribution in [2.75, 3.05) is 12.3 Å². The van der Waals surface area contributed by atoms with E-state index in [0.717, 1.165) is 31.4 Å². The number of carbonyl (C=O) groups is 1. The number of esters is 1. The van der Waals surface area contributed by atoms with Gasteiger partial charge in [-0.2, -0.15) is 12.6 Å². The Labute approximate surface area is 124 Å². The topological polar surface area (TPSA) is 52.3 Å². The highest BCUT2D eigenvalue weighted by Gasteiger charge is 2.12. The molecule has 0 heterocycles. The van der Waals surface area contributed by atoms with Crippen LogP contribution < -0.4 is 5.73 Å². The van der Waals surface area contributed by atoms with Crippen molar-refractivity contribution in [2.24, 2.45) is 5.73 Å². The van der Waals surface area contributed by atoms with Crippen molar-refractivity contribution in [3.8, 4) is 0 Å². The van der Waals surface area contributed by atoms with Crippen molar-refractivity contribution in [2.45, 2.75) is 77.2 Å². The smallest absolute Gasteiger partial charge is 0.306 e. The number of rotatable bonds is 13. The largest absolute Gasteiger partial charge is 0.461 e. The van der Waals surface area contributed by atoms with Gasteiger partial charge in [0.15, 0.2) is 0 Å². The minimum absolute atomic E-state index is 0.0883. The highest BCUT2D eigenvalue weighted by Crippen LogP contribution is 2.11. The van der Waals surface area contributed by atoms with E-state index in [1.165, 1.54) is 32.1 Å². The Hall–Kier alpha value is -0.220. The lowest BCUT2D eigenvalue weighted by Crippen LogP contribution is -2.26. The third kappa shape index (κ3) is 12.6. The molecule has 0 fully saturated rings. The molecule has 0 rings (SSSR count). The van der Waals surface area contributed by atoms with Gasteiger partial charge < -0.3 is 10.5 Å². The Kier molecular flexibility index (Phi) is 14.0. The molecule has 0 aliphatic heterocycles. The third-order valence-electron chi connectivity index (χ3n) is 3.23. The molecule has 0 saturated heterocycles. The normalized spacial score (nSPS) is 12.4. The summed E-state index contributed by atoms with van der Waals surface area (Å²) in [5.41, 5.74) is 5.65. The lowest BCUT2D eigenvalue weighted by Gasteiger charge is -2.16. The Morgan fingerprint density at radius 1 is 1.11 bits per heavy atom. The van der Waals surface area contributed by atoms with Crippen molar-refractivity contribution in [3.63, 3.8) is 0 Å². The molecule has 0 aliphatic rings. The molecule has 0 aromatic rings. The number of thiol groups is 1. The molecule has 1 unspecified atom stereocenters. The van der Waals surface area contributed by atoms with Gasteiger partial charge in [0.25, 0.3) is 0 Å². The summed E-state index contributed by atoms with van der Waals surface area (Å²) in [5, 5.41) is 0. The van der Waals surface area contributed by atoms with Crippen molar-refractivity contribution < 1.29 is 9.53 Å². The molecule has 19 heavy (non-hydrogen) atoms. The predicted octanol–water partition coefficient (Wildman–Crippen LogP) is 3.71. The second-order valence-corrected chi connectivity index (χ2v) is 5.53. The summed E-state index contributed by atoms with van der Waals surface area (Å²) in [6.45, 7) is 2.66. The van der Waals surface area contributed by atoms with Crippen LogP contribution in [0.25, 0.3) is 0 Å². The van der Waals surface area contributed by atoms with Crippen LogP contribution in [0.15, 0.2) is 0 Å². The number of ether oxygens (including phenoxy) is 1. The van der Waals surface area contributed by atoms with Gasteiger partial charge in [-0.15, -0.1) is 0 Å². The molecule has 0 saturated carbocycles. The van der Waals surface area contributed by atoms with Gasteiger partial charge in [-0.1, -0.05) is 39.0 Å². The highest BCUT2D eigenvalue weighted by atomic mass is 32.1. The summed E-state index contributed by atoms with van der Waals surface area (Å²) >= 11 is 4.12. The molecule has 0 spiro atoms. The Morgan fingerprint density at radius 3 is 2.42 bits per heavy atom. The summed E-state index contributed by atoms with van der Waals surface area (Å²) in [5.74, 6) is 0.717. The van der Waals surface area contributed by atoms with Gasteiger partial charge in [0, 0.05) is 13.0 Å². The van der Waals surface area contributed by atoms with E-state index in [9.17, 15) is 4.79 Å². The molecular formula is C15H31NO2S. The van der Waals surface area contributed by atoms with Crippen LogP contribution in [0.1, 0.15) is 71.1 Å². The maximum Gasteiger partial charge on any atom is 0.306 e. The number of hydrogen-bond acceptors (Lipinski definition) is 4. The zero-order valence-electron chi connectivity index (χ0n) is 12.4. The molecule has 1 atom stereocenters. The predicted molar refractivity (Wildman–Crippen MR) is 84.6 cm³/mol. The van der Waals surface area contributed by atoms with Gasteiger partial charge in [-0.25, -0.2) is 0 Å². The third-order valence-corrected chi connectivity index (χ3v) is 3.55. The van der Waals surface area contributed by atoms with Gasteiger partial charge in [0.2, 0.25) is 0 Å².